The molecular formula is C14H17BrN2O4. The quantitative estimate of drug-likeness (QED) is 0.663. The van der Waals surface area contributed by atoms with E-state index in [1.54, 1.807) is 6.07 Å². The van der Waals surface area contributed by atoms with Crippen LogP contribution in [0.25, 0.3) is 0 Å². The van der Waals surface area contributed by atoms with Crippen molar-refractivity contribution in [2.45, 2.75) is 37.5 Å². The van der Waals surface area contributed by atoms with Gasteiger partial charge in [-0.15, -0.1) is 0 Å². The van der Waals surface area contributed by atoms with Gasteiger partial charge in [-0.05, 0) is 25.0 Å². The highest BCUT2D eigenvalue weighted by molar-refractivity contribution is 9.10. The average Bonchev–Trinajstić information content (AvgIpc) is 2.92. The summed E-state index contributed by atoms with van der Waals surface area (Å²) < 4.78 is 12.1. The van der Waals surface area contributed by atoms with Gasteiger partial charge in [0, 0.05) is 29.4 Å². The topological polar surface area (TPSA) is 73.6 Å². The maximum absolute atomic E-state index is 11.1. The van der Waals surface area contributed by atoms with Crippen LogP contribution in [0, 0.1) is 10.1 Å². The number of ether oxygens (including phenoxy) is 2. The lowest BCUT2D eigenvalue weighted by Crippen LogP contribution is -2.39. The van der Waals surface area contributed by atoms with Gasteiger partial charge in [-0.25, -0.2) is 0 Å². The summed E-state index contributed by atoms with van der Waals surface area (Å²) in [4.78, 5) is 10.8. The Morgan fingerprint density at radius 1 is 1.29 bits per heavy atom. The summed E-state index contributed by atoms with van der Waals surface area (Å²) in [6, 6.07) is 5.29. The van der Waals surface area contributed by atoms with E-state index in [1.807, 2.05) is 6.07 Å². The van der Waals surface area contributed by atoms with Gasteiger partial charge in [0.1, 0.15) is 5.69 Å². The molecular weight excluding hydrogens is 340 g/mol. The molecule has 114 valence electrons. The summed E-state index contributed by atoms with van der Waals surface area (Å²) in [7, 11) is 0. The average molecular weight is 357 g/mol. The molecule has 1 aromatic carbocycles. The van der Waals surface area contributed by atoms with Crippen molar-refractivity contribution in [2.24, 2.45) is 0 Å². The van der Waals surface area contributed by atoms with Crippen LogP contribution in [0.4, 0.5) is 11.4 Å². The summed E-state index contributed by atoms with van der Waals surface area (Å²) in [5.41, 5.74) is 0.662. The molecule has 21 heavy (non-hydrogen) atoms. The van der Waals surface area contributed by atoms with Crippen LogP contribution >= 0.6 is 15.9 Å². The van der Waals surface area contributed by atoms with Crippen LogP contribution in [0.2, 0.25) is 0 Å². The number of hydrogen-bond acceptors (Lipinski definition) is 5. The number of nitrogens with zero attached hydrogens (tertiary/aromatic N) is 1. The SMILES string of the molecule is O=[N+]([O-])c1cc(Br)ccc1NC1CCC2(CC1)OCCO2. The normalized spacial score (nSPS) is 21.6. The number of nitrogens with one attached hydrogen (secondary N) is 1. The van der Waals surface area contributed by atoms with Crippen molar-refractivity contribution in [3.63, 3.8) is 0 Å². The lowest BCUT2D eigenvalue weighted by molar-refractivity contribution is -0.384. The predicted octanol–water partition coefficient (Wildman–Crippen LogP) is 3.45. The van der Waals surface area contributed by atoms with Crippen molar-refractivity contribution >= 4 is 27.3 Å². The first-order valence-electron chi connectivity index (χ1n) is 7.06. The molecule has 0 aromatic heterocycles. The molecule has 1 aromatic rings. The van der Waals surface area contributed by atoms with E-state index in [1.165, 1.54) is 6.07 Å². The minimum atomic E-state index is -0.399. The fourth-order valence-electron chi connectivity index (χ4n) is 2.99. The summed E-state index contributed by atoms with van der Waals surface area (Å²) >= 11 is 3.27. The van der Waals surface area contributed by atoms with Gasteiger partial charge in [-0.1, -0.05) is 15.9 Å². The molecule has 1 saturated carbocycles. The second-order valence-corrected chi connectivity index (χ2v) is 6.36. The van der Waals surface area contributed by atoms with Crippen LogP contribution in [0.3, 0.4) is 0 Å². The van der Waals surface area contributed by atoms with Crippen molar-refractivity contribution in [3.8, 4) is 0 Å². The number of nitro benzene ring substituents is 1. The van der Waals surface area contributed by atoms with Gasteiger partial charge in [-0.2, -0.15) is 0 Å². The van der Waals surface area contributed by atoms with Gasteiger partial charge in [0.15, 0.2) is 5.79 Å². The second-order valence-electron chi connectivity index (χ2n) is 5.44. The molecule has 3 rings (SSSR count). The van der Waals surface area contributed by atoms with E-state index < -0.39 is 5.79 Å². The molecule has 2 aliphatic rings. The number of benzene rings is 1. The third-order valence-corrected chi connectivity index (χ3v) is 4.57. The lowest BCUT2D eigenvalue weighted by atomic mass is 9.90. The first kappa shape index (κ1) is 14.7. The molecule has 0 radical (unpaired) electrons. The van der Waals surface area contributed by atoms with Crippen molar-refractivity contribution < 1.29 is 14.4 Å². The molecule has 1 saturated heterocycles. The summed E-state index contributed by atoms with van der Waals surface area (Å²) in [6.45, 7) is 1.33. The van der Waals surface area contributed by atoms with E-state index in [0.29, 0.717) is 23.4 Å². The van der Waals surface area contributed by atoms with Gasteiger partial charge < -0.3 is 14.8 Å². The first-order chi connectivity index (χ1) is 10.1. The molecule has 0 atom stereocenters. The minimum Gasteiger partial charge on any atom is -0.377 e. The lowest BCUT2D eigenvalue weighted by Gasteiger charge is -2.35. The number of rotatable bonds is 3. The Bertz CT molecular complexity index is 536. The number of nitro groups is 1. The fourth-order valence-corrected chi connectivity index (χ4v) is 3.33. The summed E-state index contributed by atoms with van der Waals surface area (Å²) in [5, 5.41) is 14.4. The standard InChI is InChI=1S/C14H17BrN2O4/c15-10-1-2-12(13(9-10)17(18)19)16-11-3-5-14(6-4-11)20-7-8-21-14/h1-2,9,11,16H,3-8H2. The zero-order valence-corrected chi connectivity index (χ0v) is 13.1. The number of hydrogen-bond donors (Lipinski definition) is 1. The Labute approximate surface area is 131 Å². The predicted molar refractivity (Wildman–Crippen MR) is 81.3 cm³/mol. The molecule has 6 nitrogen and oxygen atoms in total. The van der Waals surface area contributed by atoms with Gasteiger partial charge >= 0.3 is 0 Å². The van der Waals surface area contributed by atoms with E-state index in [2.05, 4.69) is 21.2 Å². The fraction of sp³-hybridized carbons (Fsp3) is 0.571. The molecule has 0 amide bonds. The van der Waals surface area contributed by atoms with Gasteiger partial charge in [0.2, 0.25) is 0 Å². The van der Waals surface area contributed by atoms with Gasteiger partial charge in [0.05, 0.1) is 18.1 Å². The van der Waals surface area contributed by atoms with Crippen LogP contribution in [0.1, 0.15) is 25.7 Å². The largest absolute Gasteiger partial charge is 0.377 e. The molecule has 7 heteroatoms. The highest BCUT2D eigenvalue weighted by Crippen LogP contribution is 2.37. The summed E-state index contributed by atoms with van der Waals surface area (Å²) in [6.07, 6.45) is 3.42. The van der Waals surface area contributed by atoms with Crippen molar-refractivity contribution in [3.05, 3.63) is 32.8 Å². The zero-order chi connectivity index (χ0) is 14.9. The Balaban J connectivity index is 1.66. The van der Waals surface area contributed by atoms with Gasteiger partial charge in [-0.3, -0.25) is 10.1 Å². The van der Waals surface area contributed by atoms with Crippen LogP contribution in [-0.4, -0.2) is 30.0 Å². The molecule has 1 spiro atoms. The molecule has 0 bridgehead atoms. The smallest absolute Gasteiger partial charge is 0.293 e. The van der Waals surface area contributed by atoms with E-state index in [9.17, 15) is 10.1 Å². The molecule has 1 aliphatic heterocycles. The van der Waals surface area contributed by atoms with Crippen LogP contribution in [-0.2, 0) is 9.47 Å². The number of anilines is 1. The van der Waals surface area contributed by atoms with E-state index in [-0.39, 0.29) is 16.7 Å². The Morgan fingerprint density at radius 2 is 1.95 bits per heavy atom. The van der Waals surface area contributed by atoms with Crippen LogP contribution in [0.5, 0.6) is 0 Å². The monoisotopic (exact) mass is 356 g/mol. The molecule has 0 unspecified atom stereocenters. The Hall–Kier alpha value is -1.18. The maximum atomic E-state index is 11.1. The minimum absolute atomic E-state index is 0.0954. The second kappa shape index (κ2) is 5.90. The van der Waals surface area contributed by atoms with E-state index in [0.717, 1.165) is 25.7 Å². The third kappa shape index (κ3) is 3.20. The van der Waals surface area contributed by atoms with Crippen molar-refractivity contribution in [1.29, 1.82) is 0 Å². The Kier molecular flexibility index (Phi) is 4.14. The van der Waals surface area contributed by atoms with E-state index >= 15 is 0 Å². The highest BCUT2D eigenvalue weighted by atomic mass is 79.9. The van der Waals surface area contributed by atoms with Gasteiger partial charge in [0.25, 0.3) is 5.69 Å². The maximum Gasteiger partial charge on any atom is 0.293 e. The summed E-state index contributed by atoms with van der Waals surface area (Å²) in [5.74, 6) is -0.399. The highest BCUT2D eigenvalue weighted by Gasteiger charge is 2.40. The zero-order valence-electron chi connectivity index (χ0n) is 11.5. The van der Waals surface area contributed by atoms with Crippen LogP contribution < -0.4 is 5.32 Å². The van der Waals surface area contributed by atoms with Crippen LogP contribution in [0.15, 0.2) is 22.7 Å². The molecule has 1 heterocycles. The third-order valence-electron chi connectivity index (χ3n) is 4.08. The molecule has 1 N–H and O–H groups in total. The first-order valence-corrected chi connectivity index (χ1v) is 7.86. The molecule has 1 aliphatic carbocycles. The molecule has 2 fully saturated rings. The van der Waals surface area contributed by atoms with E-state index in [4.69, 9.17) is 9.47 Å². The number of halogens is 1. The Morgan fingerprint density at radius 3 is 2.57 bits per heavy atom. The van der Waals surface area contributed by atoms with Crippen molar-refractivity contribution in [1.82, 2.24) is 0 Å². The van der Waals surface area contributed by atoms with Crippen molar-refractivity contribution in [2.75, 3.05) is 18.5 Å².